The van der Waals surface area contributed by atoms with Gasteiger partial charge in [0.1, 0.15) is 61.0 Å². The second kappa shape index (κ2) is 18.5. The molecule has 0 bridgehead atoms. The second-order valence-electron chi connectivity index (χ2n) is 13.3. The van der Waals surface area contributed by atoms with Crippen LogP contribution >= 0.6 is 0 Å². The lowest BCUT2D eigenvalue weighted by molar-refractivity contribution is -0.364. The van der Waals surface area contributed by atoms with Gasteiger partial charge in [-0.1, -0.05) is 12.1 Å². The van der Waals surface area contributed by atoms with Gasteiger partial charge in [-0.25, -0.2) is 4.79 Å². The highest BCUT2D eigenvalue weighted by molar-refractivity contribution is 5.87. The van der Waals surface area contributed by atoms with E-state index in [1.807, 2.05) is 0 Å². The molecule has 0 unspecified atom stereocenters. The minimum absolute atomic E-state index is 0.111. The van der Waals surface area contributed by atoms with Crippen LogP contribution in [0.25, 0.3) is 6.08 Å². The van der Waals surface area contributed by atoms with Crippen molar-refractivity contribution < 1.29 is 99.2 Å². The van der Waals surface area contributed by atoms with E-state index in [4.69, 9.17) is 33.2 Å². The Kier molecular flexibility index (Phi) is 14.3. The number of phenolic OH excluding ortho intramolecular Hbond substituents is 4. The molecule has 0 aliphatic carbocycles. The van der Waals surface area contributed by atoms with Gasteiger partial charge in [-0.3, -0.25) is 0 Å². The highest BCUT2D eigenvalue weighted by Gasteiger charge is 2.53. The van der Waals surface area contributed by atoms with Crippen molar-refractivity contribution in [2.24, 2.45) is 0 Å². The molecule has 3 aliphatic heterocycles. The number of rotatable bonds is 13. The first-order valence-corrected chi connectivity index (χ1v) is 17.2. The maximum absolute atomic E-state index is 13.3. The number of aromatic hydroxyl groups is 4. The lowest BCUT2D eigenvalue weighted by atomic mass is 9.96. The van der Waals surface area contributed by atoms with E-state index in [2.05, 4.69) is 0 Å². The molecular formula is C35H46O20. The van der Waals surface area contributed by atoms with Gasteiger partial charge < -0.3 is 94.4 Å². The molecule has 0 saturated carbocycles. The summed E-state index contributed by atoms with van der Waals surface area (Å²) in [5, 5.41) is 123. The zero-order valence-electron chi connectivity index (χ0n) is 29.2. The molecule has 12 N–H and O–H groups in total. The maximum Gasteiger partial charge on any atom is 0.331 e. The molecule has 3 fully saturated rings. The van der Waals surface area contributed by atoms with E-state index < -0.39 is 123 Å². The largest absolute Gasteiger partial charge is 0.504 e. The molecule has 20 nitrogen and oxygen atoms in total. The summed E-state index contributed by atoms with van der Waals surface area (Å²) in [6, 6.07) is 7.75. The van der Waals surface area contributed by atoms with Crippen LogP contribution in [0, 0.1) is 0 Å². The standard InChI is InChI=1S/C35H46O20/c1-14-24(42)26(44)29(47)35(51-14)55-32-30(48)34(49-9-8-16-3-6-18(38)20(40)11-16)53-22(13-50-33-28(46)27(45)25(43)21(12-36)52-33)31(32)54-23(41)7-4-15-2-5-17(37)19(39)10-15/h2-7,10-11,14,21-22,24-40,42-48H,8-9,12-13H2,1H3/t14-,21-,22+,24-,25-,26+,27+,28-,29+,30+,31+,32+,33-,34-,35-/m0/s1. The fourth-order valence-electron chi connectivity index (χ4n) is 6.14. The first kappa shape index (κ1) is 42.4. The molecule has 20 heteroatoms. The van der Waals surface area contributed by atoms with E-state index in [1.165, 1.54) is 43.3 Å². The number of carbonyl (C=O) groups excluding carboxylic acids is 1. The SMILES string of the molecule is C[C@@H]1O[C@@H](O[C@@H]2[C@@H](O)[C@@H](OCCc3ccc(O)c(O)c3)O[C@H](CO[C@H]3O[C@@H](CO)[C@H](O)[C@@H](O)[C@@H]3O)[C@H]2OC(=O)C=Cc2ccc(O)c(O)c2)[C@H](O)[C@H](O)[C@H]1O. The number of phenols is 4. The average Bonchev–Trinajstić information content (AvgIpc) is 3.16. The predicted molar refractivity (Wildman–Crippen MR) is 180 cm³/mol. The van der Waals surface area contributed by atoms with Crippen LogP contribution in [-0.2, 0) is 44.4 Å². The molecular weight excluding hydrogens is 740 g/mol. The third kappa shape index (κ3) is 10.0. The number of benzene rings is 2. The number of hydrogen-bond acceptors (Lipinski definition) is 20. The van der Waals surface area contributed by atoms with Crippen LogP contribution in [0.2, 0.25) is 0 Å². The average molecular weight is 787 g/mol. The van der Waals surface area contributed by atoms with Crippen LogP contribution in [0.4, 0.5) is 0 Å². The van der Waals surface area contributed by atoms with E-state index in [0.29, 0.717) is 5.56 Å². The van der Waals surface area contributed by atoms with Crippen LogP contribution in [0.5, 0.6) is 23.0 Å². The van der Waals surface area contributed by atoms with E-state index in [1.54, 1.807) is 0 Å². The van der Waals surface area contributed by atoms with Gasteiger partial charge in [0, 0.05) is 6.08 Å². The summed E-state index contributed by atoms with van der Waals surface area (Å²) in [5.41, 5.74) is 0.773. The summed E-state index contributed by atoms with van der Waals surface area (Å²) in [7, 11) is 0. The van der Waals surface area contributed by atoms with Crippen molar-refractivity contribution in [1.82, 2.24) is 0 Å². The molecule has 3 saturated heterocycles. The zero-order valence-corrected chi connectivity index (χ0v) is 29.2. The Morgan fingerprint density at radius 3 is 1.96 bits per heavy atom. The van der Waals surface area contributed by atoms with Crippen LogP contribution in [0.3, 0.4) is 0 Å². The van der Waals surface area contributed by atoms with E-state index in [-0.39, 0.29) is 30.1 Å². The Bertz CT molecular complexity index is 1610. The quantitative estimate of drug-likeness (QED) is 0.0541. The van der Waals surface area contributed by atoms with E-state index >= 15 is 0 Å². The molecule has 2 aromatic rings. The monoisotopic (exact) mass is 786 g/mol. The number of hydrogen-bond donors (Lipinski definition) is 12. The van der Waals surface area contributed by atoms with Crippen LogP contribution in [0.1, 0.15) is 18.1 Å². The smallest absolute Gasteiger partial charge is 0.331 e. The van der Waals surface area contributed by atoms with Gasteiger partial charge in [-0.15, -0.1) is 0 Å². The summed E-state index contributed by atoms with van der Waals surface area (Å²) in [6.45, 7) is -0.254. The van der Waals surface area contributed by atoms with Gasteiger partial charge >= 0.3 is 5.97 Å². The molecule has 5 rings (SSSR count). The van der Waals surface area contributed by atoms with E-state index in [9.17, 15) is 66.1 Å². The topological polar surface area (TPSA) is 324 Å². The van der Waals surface area contributed by atoms with Crippen LogP contribution in [-0.4, -0.2) is 179 Å². The van der Waals surface area contributed by atoms with Crippen molar-refractivity contribution in [2.75, 3.05) is 19.8 Å². The fourth-order valence-corrected chi connectivity index (χ4v) is 6.14. The van der Waals surface area contributed by atoms with E-state index in [0.717, 1.165) is 12.1 Å². The predicted octanol–water partition coefficient (Wildman–Crippen LogP) is -3.19. The Hall–Kier alpha value is -3.71. The minimum atomic E-state index is -1.88. The minimum Gasteiger partial charge on any atom is -0.504 e. The second-order valence-corrected chi connectivity index (χ2v) is 13.3. The first-order valence-electron chi connectivity index (χ1n) is 17.2. The summed E-state index contributed by atoms with van der Waals surface area (Å²) < 4.78 is 40.2. The molecule has 3 aliphatic rings. The van der Waals surface area contributed by atoms with Crippen molar-refractivity contribution in [1.29, 1.82) is 0 Å². The highest BCUT2D eigenvalue weighted by atomic mass is 16.8. The van der Waals surface area contributed by atoms with Crippen molar-refractivity contribution >= 4 is 12.0 Å². The molecule has 55 heavy (non-hydrogen) atoms. The van der Waals surface area contributed by atoms with Gasteiger partial charge in [-0.05, 0) is 54.8 Å². The molecule has 15 atom stereocenters. The van der Waals surface area contributed by atoms with Crippen molar-refractivity contribution in [3.05, 3.63) is 53.6 Å². The lowest BCUT2D eigenvalue weighted by Gasteiger charge is -2.47. The highest BCUT2D eigenvalue weighted by Crippen LogP contribution is 2.33. The van der Waals surface area contributed by atoms with Crippen LogP contribution in [0.15, 0.2) is 42.5 Å². The summed E-state index contributed by atoms with van der Waals surface area (Å²) in [4.78, 5) is 13.3. The molecule has 2 aromatic carbocycles. The van der Waals surface area contributed by atoms with Crippen LogP contribution < -0.4 is 0 Å². The fraction of sp³-hybridized carbons (Fsp3) is 0.571. The Labute approximate surface area is 313 Å². The Morgan fingerprint density at radius 2 is 1.29 bits per heavy atom. The molecule has 0 spiro atoms. The summed E-state index contributed by atoms with van der Waals surface area (Å²) in [5.74, 6) is -2.71. The zero-order chi connectivity index (χ0) is 40.1. The van der Waals surface area contributed by atoms with Crippen molar-refractivity contribution in [2.45, 2.75) is 105 Å². The number of carbonyl (C=O) groups is 1. The third-order valence-electron chi connectivity index (χ3n) is 9.36. The molecule has 306 valence electrons. The number of aliphatic hydroxyl groups excluding tert-OH is 8. The van der Waals surface area contributed by atoms with Crippen molar-refractivity contribution in [3.63, 3.8) is 0 Å². The normalized spacial score (nSPS) is 36.9. The van der Waals surface area contributed by atoms with Gasteiger partial charge in [0.25, 0.3) is 0 Å². The van der Waals surface area contributed by atoms with Gasteiger partial charge in [0.05, 0.1) is 25.9 Å². The number of aliphatic hydroxyl groups is 8. The number of ether oxygens (including phenoxy) is 7. The molecule has 0 amide bonds. The third-order valence-corrected chi connectivity index (χ3v) is 9.36. The Balaban J connectivity index is 1.43. The number of esters is 1. The van der Waals surface area contributed by atoms with Crippen molar-refractivity contribution in [3.8, 4) is 23.0 Å². The first-order chi connectivity index (χ1) is 26.1. The lowest BCUT2D eigenvalue weighted by Crippen LogP contribution is -2.65. The maximum atomic E-state index is 13.3. The summed E-state index contributed by atoms with van der Waals surface area (Å²) >= 11 is 0. The van der Waals surface area contributed by atoms with Gasteiger partial charge in [-0.2, -0.15) is 0 Å². The van der Waals surface area contributed by atoms with Gasteiger partial charge in [0.15, 0.2) is 48.0 Å². The molecule has 0 aromatic heterocycles. The molecule has 3 heterocycles. The summed E-state index contributed by atoms with van der Waals surface area (Å²) in [6.07, 6.45) is -22.6. The molecule has 0 radical (unpaired) electrons. The Morgan fingerprint density at radius 1 is 0.673 bits per heavy atom. The van der Waals surface area contributed by atoms with Gasteiger partial charge in [0.2, 0.25) is 0 Å².